The molecule has 10 heteroatoms. The van der Waals surface area contributed by atoms with E-state index in [2.05, 4.69) is 20.2 Å². The number of amides is 1. The number of nitrogens with two attached hydrogens (primary N) is 1. The van der Waals surface area contributed by atoms with Gasteiger partial charge >= 0.3 is 6.18 Å². The molecule has 4 aromatic rings. The molecule has 1 saturated heterocycles. The van der Waals surface area contributed by atoms with Gasteiger partial charge in [0.1, 0.15) is 11.9 Å². The largest absolute Gasteiger partial charge is 0.490 e. The molecular formula is C29H28F3N5O2. The molecule has 0 spiro atoms. The number of nitrogens with zero attached hydrogens (tertiary/aromatic N) is 3. The van der Waals surface area contributed by atoms with Crippen molar-refractivity contribution in [2.75, 3.05) is 31.2 Å². The van der Waals surface area contributed by atoms with Crippen LogP contribution in [0.15, 0.2) is 60.8 Å². The summed E-state index contributed by atoms with van der Waals surface area (Å²) in [6.07, 6.45) is -1.98. The van der Waals surface area contributed by atoms with Crippen LogP contribution in [0.3, 0.4) is 0 Å². The van der Waals surface area contributed by atoms with E-state index in [1.54, 1.807) is 24.4 Å². The summed E-state index contributed by atoms with van der Waals surface area (Å²) in [5, 5.41) is 3.40. The molecule has 39 heavy (non-hydrogen) atoms. The van der Waals surface area contributed by atoms with Crippen molar-refractivity contribution < 1.29 is 22.7 Å². The standard InChI is InChI=1S/C29H28F3N5O2/c1-17-3-4-19(14-23(17)18-5-7-25-20(13-18)16-34-28(33)36-25)27(38)35-21-6-8-26(24(15-21)29(30,31)32)39-22-9-11-37(2)12-10-22/h3-8,13-16,22H,9-12H2,1-2H3,(H,35,38)(H2,33,34,36). The first-order valence-corrected chi connectivity index (χ1v) is 12.6. The SMILES string of the molecule is Cc1ccc(C(=O)Nc2ccc(OC3CCN(C)CC3)c(C(F)(F)F)c2)cc1-c1ccc2nc(N)ncc2c1. The Bertz CT molecular complexity index is 1530. The minimum atomic E-state index is -4.64. The quantitative estimate of drug-likeness (QED) is 0.329. The number of fused-ring (bicyclic) bond motifs is 1. The number of nitrogen functional groups attached to an aromatic ring is 1. The molecule has 0 aliphatic carbocycles. The Balaban J connectivity index is 1.38. The summed E-state index contributed by atoms with van der Waals surface area (Å²) in [6, 6.07) is 14.4. The van der Waals surface area contributed by atoms with E-state index >= 15 is 0 Å². The Morgan fingerprint density at radius 3 is 2.59 bits per heavy atom. The number of likely N-dealkylation sites (tertiary alicyclic amines) is 1. The third kappa shape index (κ3) is 5.96. The highest BCUT2D eigenvalue weighted by Gasteiger charge is 2.36. The molecule has 7 nitrogen and oxygen atoms in total. The number of ether oxygens (including phenoxy) is 1. The number of alkyl halides is 3. The van der Waals surface area contributed by atoms with E-state index in [0.29, 0.717) is 23.9 Å². The molecule has 1 aliphatic heterocycles. The van der Waals surface area contributed by atoms with Crippen LogP contribution in [-0.4, -0.2) is 47.0 Å². The molecule has 1 aliphatic rings. The van der Waals surface area contributed by atoms with Crippen LogP contribution in [0.2, 0.25) is 0 Å². The molecule has 1 amide bonds. The number of halogens is 3. The minimum absolute atomic E-state index is 0.0330. The van der Waals surface area contributed by atoms with E-state index in [0.717, 1.165) is 41.2 Å². The molecule has 0 bridgehead atoms. The molecule has 1 fully saturated rings. The van der Waals surface area contributed by atoms with Crippen LogP contribution in [0.1, 0.15) is 34.3 Å². The van der Waals surface area contributed by atoms with Gasteiger partial charge in [0.05, 0.1) is 11.1 Å². The molecular weight excluding hydrogens is 507 g/mol. The molecule has 0 radical (unpaired) electrons. The van der Waals surface area contributed by atoms with Gasteiger partial charge in [-0.3, -0.25) is 4.79 Å². The molecule has 3 N–H and O–H groups in total. The fourth-order valence-electron chi connectivity index (χ4n) is 4.71. The number of anilines is 2. The van der Waals surface area contributed by atoms with E-state index in [1.807, 2.05) is 32.2 Å². The van der Waals surface area contributed by atoms with Gasteiger partial charge in [0.25, 0.3) is 5.91 Å². The number of carbonyl (C=O) groups is 1. The molecule has 202 valence electrons. The summed E-state index contributed by atoms with van der Waals surface area (Å²) >= 11 is 0. The summed E-state index contributed by atoms with van der Waals surface area (Å²) in [5.74, 6) is -0.569. The first kappa shape index (κ1) is 26.4. The topological polar surface area (TPSA) is 93.4 Å². The predicted octanol–water partition coefficient (Wildman–Crippen LogP) is 5.93. The molecule has 1 aromatic heterocycles. The van der Waals surface area contributed by atoms with Crippen molar-refractivity contribution in [2.45, 2.75) is 32.0 Å². The molecule has 0 atom stereocenters. The van der Waals surface area contributed by atoms with E-state index in [4.69, 9.17) is 10.5 Å². The van der Waals surface area contributed by atoms with Gasteiger partial charge in [-0.25, -0.2) is 9.97 Å². The summed E-state index contributed by atoms with van der Waals surface area (Å²) in [4.78, 5) is 23.4. The third-order valence-corrected chi connectivity index (χ3v) is 6.91. The number of aryl methyl sites for hydroxylation is 1. The third-order valence-electron chi connectivity index (χ3n) is 6.91. The summed E-state index contributed by atoms with van der Waals surface area (Å²) in [7, 11) is 1.97. The van der Waals surface area contributed by atoms with Gasteiger partial charge in [0.15, 0.2) is 0 Å². The number of aromatic nitrogens is 2. The van der Waals surface area contributed by atoms with Crippen molar-refractivity contribution in [2.24, 2.45) is 0 Å². The fourth-order valence-corrected chi connectivity index (χ4v) is 4.71. The average Bonchev–Trinajstić information content (AvgIpc) is 2.90. The Hall–Kier alpha value is -4.18. The van der Waals surface area contributed by atoms with Gasteiger partial charge in [0.2, 0.25) is 5.95 Å². The number of nitrogens with one attached hydrogen (secondary N) is 1. The smallest absolute Gasteiger partial charge is 0.420 e. The number of hydrogen-bond donors (Lipinski definition) is 2. The van der Waals surface area contributed by atoms with Crippen LogP contribution in [0.4, 0.5) is 24.8 Å². The van der Waals surface area contributed by atoms with E-state index < -0.39 is 17.6 Å². The maximum atomic E-state index is 13.9. The zero-order valence-electron chi connectivity index (χ0n) is 21.5. The lowest BCUT2D eigenvalue weighted by atomic mass is 9.97. The number of hydrogen-bond acceptors (Lipinski definition) is 6. The Labute approximate surface area is 223 Å². The van der Waals surface area contributed by atoms with Crippen molar-refractivity contribution >= 4 is 28.4 Å². The number of piperidine rings is 1. The second-order valence-electron chi connectivity index (χ2n) is 9.81. The van der Waals surface area contributed by atoms with Gasteiger partial charge in [-0.1, -0.05) is 12.1 Å². The Morgan fingerprint density at radius 2 is 1.85 bits per heavy atom. The van der Waals surface area contributed by atoms with E-state index in [-0.39, 0.29) is 23.5 Å². The number of carbonyl (C=O) groups excluding carboxylic acids is 1. The van der Waals surface area contributed by atoms with Crippen LogP contribution < -0.4 is 15.8 Å². The Morgan fingerprint density at radius 1 is 1.08 bits per heavy atom. The highest BCUT2D eigenvalue weighted by molar-refractivity contribution is 6.05. The maximum absolute atomic E-state index is 13.9. The van der Waals surface area contributed by atoms with Gasteiger partial charge in [-0.2, -0.15) is 13.2 Å². The van der Waals surface area contributed by atoms with E-state index in [1.165, 1.54) is 12.1 Å². The highest BCUT2D eigenvalue weighted by atomic mass is 19.4. The zero-order chi connectivity index (χ0) is 27.7. The molecule has 3 aromatic carbocycles. The lowest BCUT2D eigenvalue weighted by Crippen LogP contribution is -2.36. The number of rotatable bonds is 5. The van der Waals surface area contributed by atoms with E-state index in [9.17, 15) is 18.0 Å². The lowest BCUT2D eigenvalue weighted by Gasteiger charge is -2.30. The fraction of sp³-hybridized carbons (Fsp3) is 0.276. The monoisotopic (exact) mass is 535 g/mol. The molecule has 5 rings (SSSR count). The van der Waals surface area contributed by atoms with Crippen molar-refractivity contribution in [1.29, 1.82) is 0 Å². The summed E-state index contributed by atoms with van der Waals surface area (Å²) in [5.41, 5.74) is 8.37. The summed E-state index contributed by atoms with van der Waals surface area (Å²) < 4.78 is 47.5. The van der Waals surface area contributed by atoms with Crippen molar-refractivity contribution in [3.8, 4) is 16.9 Å². The van der Waals surface area contributed by atoms with Gasteiger partial charge in [-0.05, 0) is 86.0 Å². The summed E-state index contributed by atoms with van der Waals surface area (Å²) in [6.45, 7) is 3.44. The maximum Gasteiger partial charge on any atom is 0.420 e. The second-order valence-corrected chi connectivity index (χ2v) is 9.81. The van der Waals surface area contributed by atoms with Crippen LogP contribution in [-0.2, 0) is 6.18 Å². The second kappa shape index (κ2) is 10.5. The average molecular weight is 536 g/mol. The highest BCUT2D eigenvalue weighted by Crippen LogP contribution is 2.39. The van der Waals surface area contributed by atoms with Crippen LogP contribution >= 0.6 is 0 Å². The molecule has 0 saturated carbocycles. The van der Waals surface area contributed by atoms with Crippen molar-refractivity contribution in [3.63, 3.8) is 0 Å². The van der Waals surface area contributed by atoms with Crippen LogP contribution in [0.5, 0.6) is 5.75 Å². The molecule has 2 heterocycles. The van der Waals surface area contributed by atoms with Gasteiger partial charge < -0.3 is 20.7 Å². The number of benzene rings is 3. The van der Waals surface area contributed by atoms with Gasteiger partial charge in [-0.15, -0.1) is 0 Å². The Kier molecular flexibility index (Phi) is 7.14. The predicted molar refractivity (Wildman–Crippen MR) is 145 cm³/mol. The first-order chi connectivity index (χ1) is 18.6. The van der Waals surface area contributed by atoms with Crippen molar-refractivity contribution in [3.05, 3.63) is 77.5 Å². The van der Waals surface area contributed by atoms with Crippen LogP contribution in [0, 0.1) is 6.92 Å². The van der Waals surface area contributed by atoms with Crippen molar-refractivity contribution in [1.82, 2.24) is 14.9 Å². The zero-order valence-corrected chi connectivity index (χ0v) is 21.5. The lowest BCUT2D eigenvalue weighted by molar-refractivity contribution is -0.139. The minimum Gasteiger partial charge on any atom is -0.490 e. The van der Waals surface area contributed by atoms with Crippen LogP contribution in [0.25, 0.3) is 22.0 Å². The molecule has 0 unspecified atom stereocenters. The first-order valence-electron chi connectivity index (χ1n) is 12.6. The normalized spacial score (nSPS) is 14.9. The van der Waals surface area contributed by atoms with Gasteiger partial charge in [0, 0.05) is 35.9 Å².